The highest BCUT2D eigenvalue weighted by Gasteiger charge is 2.58. The van der Waals surface area contributed by atoms with Crippen LogP contribution in [-0.2, 0) is 13.0 Å². The Bertz CT molecular complexity index is 708. The van der Waals surface area contributed by atoms with Crippen LogP contribution in [0.1, 0.15) is 18.4 Å². The Hall–Kier alpha value is -2.08. The lowest BCUT2D eigenvalue weighted by Gasteiger charge is -2.34. The second-order valence-electron chi connectivity index (χ2n) is 5.61. The van der Waals surface area contributed by atoms with Crippen molar-refractivity contribution in [1.82, 2.24) is 14.8 Å². The van der Waals surface area contributed by atoms with Crippen molar-refractivity contribution in [2.24, 2.45) is 5.11 Å². The van der Waals surface area contributed by atoms with Gasteiger partial charge in [0.15, 0.2) is 0 Å². The van der Waals surface area contributed by atoms with Gasteiger partial charge in [-0.1, -0.05) is 34.9 Å². The molecule has 114 valence electrons. The van der Waals surface area contributed by atoms with Gasteiger partial charge in [0.2, 0.25) is 0 Å². The number of halogens is 1. The Balaban J connectivity index is 2.01. The Morgan fingerprint density at radius 1 is 1.45 bits per heavy atom. The van der Waals surface area contributed by atoms with Crippen LogP contribution in [0.5, 0.6) is 0 Å². The minimum Gasteiger partial charge on any atom is -0.389 e. The van der Waals surface area contributed by atoms with E-state index in [1.807, 2.05) is 18.2 Å². The highest BCUT2D eigenvalue weighted by atomic mass is 35.5. The standard InChI is InChI=1S/C14H15ClN6O/c15-12-4-2-1-3-11(12)7-13(19-20-16,14(22)5-6-14)8-21-10-17-9-18-21/h1-4,9-10,22H,5-8H2. The van der Waals surface area contributed by atoms with E-state index in [9.17, 15) is 5.11 Å². The maximum Gasteiger partial charge on any atom is 0.137 e. The number of aliphatic hydroxyl groups is 1. The molecule has 1 fully saturated rings. The molecular weight excluding hydrogens is 304 g/mol. The maximum atomic E-state index is 10.8. The molecule has 0 aliphatic heterocycles. The molecule has 3 rings (SSSR count). The topological polar surface area (TPSA) is 99.7 Å². The van der Waals surface area contributed by atoms with Gasteiger partial charge < -0.3 is 5.11 Å². The first-order chi connectivity index (χ1) is 10.6. The summed E-state index contributed by atoms with van der Waals surface area (Å²) in [6, 6.07) is 7.36. The Labute approximate surface area is 132 Å². The first kappa shape index (κ1) is 14.8. The fraction of sp³-hybridized carbons (Fsp3) is 0.429. The number of rotatable bonds is 6. The quantitative estimate of drug-likeness (QED) is 0.503. The maximum absolute atomic E-state index is 10.8. The Morgan fingerprint density at radius 3 is 2.82 bits per heavy atom. The molecule has 1 unspecified atom stereocenters. The molecule has 0 amide bonds. The summed E-state index contributed by atoms with van der Waals surface area (Å²) >= 11 is 6.23. The number of azide groups is 1. The number of hydrogen-bond acceptors (Lipinski definition) is 4. The molecular formula is C14H15ClN6O. The van der Waals surface area contributed by atoms with Crippen molar-refractivity contribution in [3.05, 3.63) is 57.9 Å². The van der Waals surface area contributed by atoms with E-state index in [-0.39, 0.29) is 6.54 Å². The van der Waals surface area contributed by atoms with Gasteiger partial charge >= 0.3 is 0 Å². The minimum absolute atomic E-state index is 0.249. The lowest BCUT2D eigenvalue weighted by molar-refractivity contribution is 0.0460. The van der Waals surface area contributed by atoms with Crippen molar-refractivity contribution in [1.29, 1.82) is 0 Å². The van der Waals surface area contributed by atoms with Gasteiger partial charge in [-0.3, -0.25) is 4.68 Å². The van der Waals surface area contributed by atoms with E-state index in [4.69, 9.17) is 17.1 Å². The first-order valence-electron chi connectivity index (χ1n) is 6.93. The van der Waals surface area contributed by atoms with Crippen LogP contribution in [0, 0.1) is 0 Å². The van der Waals surface area contributed by atoms with Gasteiger partial charge in [0.25, 0.3) is 0 Å². The molecule has 1 aliphatic rings. The summed E-state index contributed by atoms with van der Waals surface area (Å²) in [5.74, 6) is 0. The fourth-order valence-electron chi connectivity index (χ4n) is 2.74. The van der Waals surface area contributed by atoms with Crippen LogP contribution < -0.4 is 0 Å². The molecule has 1 aromatic heterocycles. The molecule has 0 radical (unpaired) electrons. The molecule has 22 heavy (non-hydrogen) atoms. The summed E-state index contributed by atoms with van der Waals surface area (Å²) in [5, 5.41) is 19.4. The normalized spacial score (nSPS) is 18.3. The lowest BCUT2D eigenvalue weighted by Crippen LogP contribution is -2.48. The van der Waals surface area contributed by atoms with Crippen molar-refractivity contribution < 1.29 is 5.11 Å². The number of hydrogen-bond donors (Lipinski definition) is 1. The molecule has 1 heterocycles. The van der Waals surface area contributed by atoms with E-state index >= 15 is 0 Å². The largest absolute Gasteiger partial charge is 0.389 e. The summed E-state index contributed by atoms with van der Waals surface area (Å²) in [7, 11) is 0. The van der Waals surface area contributed by atoms with Crippen molar-refractivity contribution in [3.8, 4) is 0 Å². The highest BCUT2D eigenvalue weighted by Crippen LogP contribution is 2.49. The van der Waals surface area contributed by atoms with Gasteiger partial charge in [-0.15, -0.1) is 0 Å². The smallest absolute Gasteiger partial charge is 0.137 e. The van der Waals surface area contributed by atoms with Crippen molar-refractivity contribution >= 4 is 11.6 Å². The predicted molar refractivity (Wildman–Crippen MR) is 81.2 cm³/mol. The average Bonchev–Trinajstić information content (AvgIpc) is 3.06. The number of aromatic nitrogens is 3. The van der Waals surface area contributed by atoms with Gasteiger partial charge in [0.05, 0.1) is 12.1 Å². The van der Waals surface area contributed by atoms with Gasteiger partial charge in [-0.05, 0) is 36.4 Å². The Kier molecular flexibility index (Phi) is 3.78. The van der Waals surface area contributed by atoms with Crippen LogP contribution in [0.25, 0.3) is 10.4 Å². The third kappa shape index (κ3) is 2.66. The van der Waals surface area contributed by atoms with Gasteiger partial charge in [0, 0.05) is 9.93 Å². The molecule has 2 aromatic rings. The molecule has 1 saturated carbocycles. The Morgan fingerprint density at radius 2 is 2.23 bits per heavy atom. The van der Waals surface area contributed by atoms with Gasteiger partial charge in [-0.25, -0.2) is 4.98 Å². The summed E-state index contributed by atoms with van der Waals surface area (Å²) in [5.41, 5.74) is 7.79. The molecule has 1 aliphatic carbocycles. The van der Waals surface area contributed by atoms with E-state index in [1.165, 1.54) is 6.33 Å². The SMILES string of the molecule is [N-]=[N+]=NC(Cc1ccccc1Cl)(Cn1cncn1)C1(O)CC1. The zero-order valence-corrected chi connectivity index (χ0v) is 12.6. The molecule has 1 atom stereocenters. The summed E-state index contributed by atoms with van der Waals surface area (Å²) in [6.45, 7) is 0.249. The van der Waals surface area contributed by atoms with E-state index in [0.29, 0.717) is 24.3 Å². The summed E-state index contributed by atoms with van der Waals surface area (Å²) in [6.07, 6.45) is 4.47. The van der Waals surface area contributed by atoms with Crippen LogP contribution in [0.4, 0.5) is 0 Å². The third-order valence-electron chi connectivity index (χ3n) is 4.16. The number of nitrogens with zero attached hydrogens (tertiary/aromatic N) is 6. The molecule has 0 bridgehead atoms. The molecule has 0 spiro atoms. The van der Waals surface area contributed by atoms with Gasteiger partial charge in [-0.2, -0.15) is 5.10 Å². The third-order valence-corrected chi connectivity index (χ3v) is 4.53. The van der Waals surface area contributed by atoms with Gasteiger partial charge in [0.1, 0.15) is 18.2 Å². The van der Waals surface area contributed by atoms with Crippen molar-refractivity contribution in [2.45, 2.75) is 36.9 Å². The number of benzene rings is 1. The van der Waals surface area contributed by atoms with Crippen LogP contribution in [0.2, 0.25) is 5.02 Å². The van der Waals surface area contributed by atoms with Crippen LogP contribution in [0.3, 0.4) is 0 Å². The van der Waals surface area contributed by atoms with Crippen molar-refractivity contribution in [3.63, 3.8) is 0 Å². The van der Waals surface area contributed by atoms with E-state index < -0.39 is 11.1 Å². The zero-order chi connectivity index (χ0) is 15.6. The average molecular weight is 319 g/mol. The molecule has 0 saturated heterocycles. The molecule has 8 heteroatoms. The molecule has 7 nitrogen and oxygen atoms in total. The van der Waals surface area contributed by atoms with Crippen LogP contribution in [-0.4, -0.2) is 31.0 Å². The summed E-state index contributed by atoms with van der Waals surface area (Å²) in [4.78, 5) is 6.88. The summed E-state index contributed by atoms with van der Waals surface area (Å²) < 4.78 is 1.57. The zero-order valence-electron chi connectivity index (χ0n) is 11.8. The van der Waals surface area contributed by atoms with E-state index in [2.05, 4.69) is 20.1 Å². The lowest BCUT2D eigenvalue weighted by atomic mass is 9.84. The molecule has 1 aromatic carbocycles. The van der Waals surface area contributed by atoms with Crippen LogP contribution in [0.15, 0.2) is 42.0 Å². The highest BCUT2D eigenvalue weighted by molar-refractivity contribution is 6.31. The van der Waals surface area contributed by atoms with Crippen LogP contribution >= 0.6 is 11.6 Å². The van der Waals surface area contributed by atoms with Crippen molar-refractivity contribution in [2.75, 3.05) is 0 Å². The monoisotopic (exact) mass is 318 g/mol. The van der Waals surface area contributed by atoms with E-state index in [1.54, 1.807) is 17.1 Å². The minimum atomic E-state index is -1.04. The first-order valence-corrected chi connectivity index (χ1v) is 7.31. The molecule has 1 N–H and O–H groups in total. The fourth-order valence-corrected chi connectivity index (χ4v) is 2.94. The second kappa shape index (κ2) is 5.61. The van der Waals surface area contributed by atoms with E-state index in [0.717, 1.165) is 5.56 Å². The predicted octanol–water partition coefficient (Wildman–Crippen LogP) is 2.75. The second-order valence-corrected chi connectivity index (χ2v) is 6.02.